The first-order valence-electron chi connectivity index (χ1n) is 7.10. The molecular weight excluding hydrogens is 281 g/mol. The van der Waals surface area contributed by atoms with Gasteiger partial charge >= 0.3 is 6.18 Å². The van der Waals surface area contributed by atoms with Crippen LogP contribution in [0.5, 0.6) is 0 Å². The summed E-state index contributed by atoms with van der Waals surface area (Å²) in [6.07, 6.45) is -3.98. The molecule has 0 amide bonds. The molecule has 2 N–H and O–H groups in total. The summed E-state index contributed by atoms with van der Waals surface area (Å²) in [5, 5.41) is 13.2. The van der Waals surface area contributed by atoms with Crippen LogP contribution in [-0.2, 0) is 6.18 Å². The zero-order chi connectivity index (χ0) is 15.5. The number of alkyl halides is 3. The van der Waals surface area contributed by atoms with E-state index in [2.05, 4.69) is 17.3 Å². The lowest BCUT2D eigenvalue weighted by atomic mass is 10.1. The Morgan fingerprint density at radius 3 is 2.52 bits per heavy atom. The Morgan fingerprint density at radius 1 is 1.33 bits per heavy atom. The quantitative estimate of drug-likeness (QED) is 0.876. The predicted molar refractivity (Wildman–Crippen MR) is 74.9 cm³/mol. The van der Waals surface area contributed by atoms with Gasteiger partial charge in [-0.1, -0.05) is 12.1 Å². The maximum atomic E-state index is 12.4. The second-order valence-corrected chi connectivity index (χ2v) is 5.71. The summed E-state index contributed by atoms with van der Waals surface area (Å²) < 4.78 is 37.3. The zero-order valence-electron chi connectivity index (χ0n) is 12.0. The Balaban J connectivity index is 1.79. The first-order chi connectivity index (χ1) is 9.86. The number of nitrogens with zero attached hydrogens (tertiary/aromatic N) is 1. The highest BCUT2D eigenvalue weighted by Gasteiger charge is 2.30. The van der Waals surface area contributed by atoms with Gasteiger partial charge < -0.3 is 15.3 Å². The van der Waals surface area contributed by atoms with Crippen LogP contribution < -0.4 is 5.32 Å². The Kier molecular flexibility index (Phi) is 5.24. The van der Waals surface area contributed by atoms with Gasteiger partial charge in [-0.05, 0) is 50.2 Å². The van der Waals surface area contributed by atoms with E-state index in [-0.39, 0.29) is 0 Å². The summed E-state index contributed by atoms with van der Waals surface area (Å²) >= 11 is 0. The Bertz CT molecular complexity index is 447. The molecule has 1 fully saturated rings. The van der Waals surface area contributed by atoms with E-state index in [0.717, 1.165) is 38.2 Å². The average Bonchev–Trinajstić information content (AvgIpc) is 2.83. The first kappa shape index (κ1) is 16.3. The van der Waals surface area contributed by atoms with Crippen LogP contribution in [-0.4, -0.2) is 43.2 Å². The number of hydrogen-bond acceptors (Lipinski definition) is 3. The lowest BCUT2D eigenvalue weighted by Gasteiger charge is -2.16. The zero-order valence-corrected chi connectivity index (χ0v) is 12.0. The highest BCUT2D eigenvalue weighted by Crippen LogP contribution is 2.29. The van der Waals surface area contributed by atoms with E-state index in [1.807, 2.05) is 0 Å². The number of nitrogens with one attached hydrogen (secondary N) is 1. The highest BCUT2D eigenvalue weighted by molar-refractivity contribution is 5.26. The van der Waals surface area contributed by atoms with Crippen LogP contribution >= 0.6 is 0 Å². The molecule has 1 aliphatic heterocycles. The van der Waals surface area contributed by atoms with Gasteiger partial charge in [0.15, 0.2) is 0 Å². The van der Waals surface area contributed by atoms with Crippen molar-refractivity contribution >= 4 is 0 Å². The molecule has 1 aromatic rings. The average molecular weight is 302 g/mol. The highest BCUT2D eigenvalue weighted by atomic mass is 19.4. The first-order valence-corrected chi connectivity index (χ1v) is 7.10. The minimum absolute atomic E-state index is 0.353. The van der Waals surface area contributed by atoms with E-state index in [0.29, 0.717) is 18.0 Å². The molecule has 0 bridgehead atoms. The van der Waals surface area contributed by atoms with E-state index >= 15 is 0 Å². The van der Waals surface area contributed by atoms with E-state index in [4.69, 9.17) is 0 Å². The van der Waals surface area contributed by atoms with Gasteiger partial charge in [0.2, 0.25) is 0 Å². The predicted octanol–water partition coefficient (Wildman–Crippen LogP) is 2.28. The Morgan fingerprint density at radius 2 is 2.00 bits per heavy atom. The van der Waals surface area contributed by atoms with Crippen LogP contribution in [0.25, 0.3) is 0 Å². The molecule has 3 nitrogen and oxygen atoms in total. The molecule has 118 valence electrons. The maximum Gasteiger partial charge on any atom is 0.416 e. The number of hydrogen-bond donors (Lipinski definition) is 2. The van der Waals surface area contributed by atoms with Crippen molar-refractivity contribution in [2.75, 3.05) is 33.2 Å². The summed E-state index contributed by atoms with van der Waals surface area (Å²) in [6, 6.07) is 4.67. The number of likely N-dealkylation sites (tertiary alicyclic amines) is 1. The number of aliphatic hydroxyl groups is 1. The Labute approximate surface area is 122 Å². The van der Waals surface area contributed by atoms with Crippen molar-refractivity contribution in [3.63, 3.8) is 0 Å². The molecule has 1 aliphatic rings. The molecule has 0 aliphatic carbocycles. The number of halogens is 3. The smallest absolute Gasteiger partial charge is 0.387 e. The second kappa shape index (κ2) is 6.77. The van der Waals surface area contributed by atoms with Crippen molar-refractivity contribution in [3.8, 4) is 0 Å². The largest absolute Gasteiger partial charge is 0.416 e. The minimum atomic E-state index is -4.34. The fraction of sp³-hybridized carbons (Fsp3) is 0.600. The van der Waals surface area contributed by atoms with Gasteiger partial charge in [-0.2, -0.15) is 13.2 Å². The van der Waals surface area contributed by atoms with Crippen LogP contribution in [0.3, 0.4) is 0 Å². The molecule has 0 saturated carbocycles. The number of rotatable bonds is 5. The van der Waals surface area contributed by atoms with Crippen LogP contribution in [0.2, 0.25) is 0 Å². The normalized spacial score (nSPS) is 21.7. The molecule has 0 spiro atoms. The number of aliphatic hydroxyl groups excluding tert-OH is 1. The van der Waals surface area contributed by atoms with Crippen LogP contribution in [0.1, 0.15) is 23.7 Å². The maximum absolute atomic E-state index is 12.4. The molecular formula is C15H21F3N2O. The van der Waals surface area contributed by atoms with Gasteiger partial charge in [0.25, 0.3) is 0 Å². The van der Waals surface area contributed by atoms with Crippen molar-refractivity contribution in [2.24, 2.45) is 5.92 Å². The fourth-order valence-corrected chi connectivity index (χ4v) is 2.63. The third-order valence-corrected chi connectivity index (χ3v) is 3.88. The summed E-state index contributed by atoms with van der Waals surface area (Å²) in [5.74, 6) is 0.579. The molecule has 1 heterocycles. The van der Waals surface area contributed by atoms with E-state index < -0.39 is 17.8 Å². The number of benzene rings is 1. The molecule has 2 atom stereocenters. The molecule has 1 saturated heterocycles. The molecule has 2 unspecified atom stereocenters. The lowest BCUT2D eigenvalue weighted by molar-refractivity contribution is -0.137. The molecule has 1 aromatic carbocycles. The van der Waals surface area contributed by atoms with Gasteiger partial charge in [0.05, 0.1) is 11.7 Å². The monoisotopic (exact) mass is 302 g/mol. The van der Waals surface area contributed by atoms with Gasteiger partial charge in [0.1, 0.15) is 0 Å². The van der Waals surface area contributed by atoms with Crippen molar-refractivity contribution in [2.45, 2.75) is 18.7 Å². The van der Waals surface area contributed by atoms with Crippen molar-refractivity contribution in [1.82, 2.24) is 10.2 Å². The topological polar surface area (TPSA) is 35.5 Å². The SMILES string of the molecule is CN1CCC(CNCC(O)c2ccc(C(F)(F)F)cc2)C1. The molecule has 0 aromatic heterocycles. The van der Waals surface area contributed by atoms with E-state index in [1.54, 1.807) is 0 Å². The summed E-state index contributed by atoms with van der Waals surface area (Å²) in [4.78, 5) is 2.26. The summed E-state index contributed by atoms with van der Waals surface area (Å²) in [7, 11) is 2.08. The van der Waals surface area contributed by atoms with Crippen molar-refractivity contribution in [1.29, 1.82) is 0 Å². The third-order valence-electron chi connectivity index (χ3n) is 3.88. The van der Waals surface area contributed by atoms with E-state index in [1.165, 1.54) is 12.1 Å². The van der Waals surface area contributed by atoms with Gasteiger partial charge in [0, 0.05) is 13.1 Å². The van der Waals surface area contributed by atoms with Gasteiger partial charge in [-0.3, -0.25) is 0 Å². The van der Waals surface area contributed by atoms with Crippen LogP contribution in [0.4, 0.5) is 13.2 Å². The molecule has 2 rings (SSSR count). The minimum Gasteiger partial charge on any atom is -0.387 e. The van der Waals surface area contributed by atoms with Crippen molar-refractivity contribution in [3.05, 3.63) is 35.4 Å². The molecule has 6 heteroatoms. The fourth-order valence-electron chi connectivity index (χ4n) is 2.63. The van der Waals surface area contributed by atoms with Crippen molar-refractivity contribution < 1.29 is 18.3 Å². The molecule has 21 heavy (non-hydrogen) atoms. The van der Waals surface area contributed by atoms with Gasteiger partial charge in [-0.15, -0.1) is 0 Å². The summed E-state index contributed by atoms with van der Waals surface area (Å²) in [6.45, 7) is 3.31. The van der Waals surface area contributed by atoms with Crippen LogP contribution in [0.15, 0.2) is 24.3 Å². The molecule has 0 radical (unpaired) electrons. The van der Waals surface area contributed by atoms with Gasteiger partial charge in [-0.25, -0.2) is 0 Å². The summed E-state index contributed by atoms with van der Waals surface area (Å²) in [5.41, 5.74) is -0.195. The second-order valence-electron chi connectivity index (χ2n) is 5.71. The van der Waals surface area contributed by atoms with E-state index in [9.17, 15) is 18.3 Å². The standard InChI is InChI=1S/C15H21F3N2O/c1-20-7-6-11(10-20)8-19-9-14(21)12-2-4-13(5-3-12)15(16,17)18/h2-5,11,14,19,21H,6-10H2,1H3. The lowest BCUT2D eigenvalue weighted by Crippen LogP contribution is -2.28. The van der Waals surface area contributed by atoms with Crippen LogP contribution in [0, 0.1) is 5.92 Å². The Hall–Kier alpha value is -1.11. The third kappa shape index (κ3) is 4.69.